The molecule has 0 spiro atoms. The van der Waals surface area contributed by atoms with Crippen LogP contribution in [0.1, 0.15) is 5.89 Å². The Labute approximate surface area is 126 Å². The van der Waals surface area contributed by atoms with Crippen molar-refractivity contribution >= 4 is 38.4 Å². The highest BCUT2D eigenvalue weighted by atomic mass is 35.5. The van der Waals surface area contributed by atoms with Gasteiger partial charge < -0.3 is 4.42 Å². The maximum atomic E-state index is 12.3. The van der Waals surface area contributed by atoms with Crippen LogP contribution in [0, 0.1) is 6.92 Å². The van der Waals surface area contributed by atoms with E-state index in [-0.39, 0.29) is 4.90 Å². The van der Waals surface area contributed by atoms with E-state index in [1.807, 2.05) is 0 Å². The zero-order valence-corrected chi connectivity index (χ0v) is 12.6. The molecule has 0 bridgehead atoms. The van der Waals surface area contributed by atoms with Gasteiger partial charge in [0.15, 0.2) is 11.5 Å². The van der Waals surface area contributed by atoms with Crippen LogP contribution in [0.3, 0.4) is 0 Å². The lowest BCUT2D eigenvalue weighted by Gasteiger charge is -2.07. The van der Waals surface area contributed by atoms with Gasteiger partial charge in [-0.2, -0.15) is 0 Å². The number of rotatable bonds is 3. The Kier molecular flexibility index (Phi) is 3.35. The molecule has 108 valence electrons. The fraction of sp³-hybridized carbons (Fsp3) is 0.0714. The molecule has 3 rings (SSSR count). The van der Waals surface area contributed by atoms with Crippen molar-refractivity contribution in [2.75, 3.05) is 4.72 Å². The number of hydrogen-bond acceptors (Lipinski definition) is 4. The third-order valence-electron chi connectivity index (χ3n) is 2.87. The standard InChI is InChI=1S/C14H11ClN2O3S/c1-9-16-13-8-12(6-7-14(13)20-9)21(18,19)17-11-4-2-10(15)3-5-11/h2-8,17H,1H3. The lowest BCUT2D eigenvalue weighted by molar-refractivity contribution is 0.561. The predicted octanol–water partition coefficient (Wildman–Crippen LogP) is 3.59. The molecule has 0 amide bonds. The van der Waals surface area contributed by atoms with Gasteiger partial charge in [-0.15, -0.1) is 0 Å². The second-order valence-corrected chi connectivity index (χ2v) is 6.59. The molecule has 0 unspecified atom stereocenters. The number of hydrogen-bond donors (Lipinski definition) is 1. The van der Waals surface area contributed by atoms with Crippen molar-refractivity contribution < 1.29 is 12.8 Å². The van der Waals surface area contributed by atoms with Gasteiger partial charge in [-0.1, -0.05) is 11.6 Å². The van der Waals surface area contributed by atoms with E-state index in [1.165, 1.54) is 12.1 Å². The first kappa shape index (κ1) is 13.9. The third kappa shape index (κ3) is 2.86. The summed E-state index contributed by atoms with van der Waals surface area (Å²) in [6, 6.07) is 11.0. The summed E-state index contributed by atoms with van der Waals surface area (Å²) in [4.78, 5) is 4.25. The number of sulfonamides is 1. The van der Waals surface area contributed by atoms with Crippen LogP contribution in [-0.4, -0.2) is 13.4 Å². The quantitative estimate of drug-likeness (QED) is 0.799. The Hall–Kier alpha value is -2.05. The summed E-state index contributed by atoms with van der Waals surface area (Å²) >= 11 is 5.77. The molecule has 5 nitrogen and oxygen atoms in total. The van der Waals surface area contributed by atoms with E-state index >= 15 is 0 Å². The molecule has 1 N–H and O–H groups in total. The molecular weight excluding hydrogens is 312 g/mol. The van der Waals surface area contributed by atoms with E-state index in [4.69, 9.17) is 16.0 Å². The van der Waals surface area contributed by atoms with Crippen molar-refractivity contribution in [1.82, 2.24) is 4.98 Å². The highest BCUT2D eigenvalue weighted by Crippen LogP contribution is 2.22. The van der Waals surface area contributed by atoms with E-state index in [9.17, 15) is 8.42 Å². The summed E-state index contributed by atoms with van der Waals surface area (Å²) in [6.45, 7) is 1.71. The molecule has 1 aromatic heterocycles. The monoisotopic (exact) mass is 322 g/mol. The maximum Gasteiger partial charge on any atom is 0.261 e. The zero-order chi connectivity index (χ0) is 15.0. The fourth-order valence-corrected chi connectivity index (χ4v) is 3.13. The van der Waals surface area contributed by atoms with Gasteiger partial charge in [0, 0.05) is 17.6 Å². The Morgan fingerprint density at radius 1 is 1.14 bits per heavy atom. The molecule has 0 aliphatic rings. The number of benzene rings is 2. The summed E-state index contributed by atoms with van der Waals surface area (Å²) in [6.07, 6.45) is 0. The molecule has 0 aliphatic heterocycles. The molecule has 7 heteroatoms. The van der Waals surface area contributed by atoms with Crippen molar-refractivity contribution in [3.63, 3.8) is 0 Å². The first-order valence-corrected chi connectivity index (χ1v) is 7.96. The minimum atomic E-state index is -3.68. The number of nitrogens with one attached hydrogen (secondary N) is 1. The van der Waals surface area contributed by atoms with E-state index in [1.54, 1.807) is 37.3 Å². The van der Waals surface area contributed by atoms with Crippen molar-refractivity contribution in [2.45, 2.75) is 11.8 Å². The van der Waals surface area contributed by atoms with E-state index in [0.717, 1.165) is 0 Å². The number of aromatic nitrogens is 1. The van der Waals surface area contributed by atoms with Gasteiger partial charge in [0.1, 0.15) is 5.52 Å². The Bertz CT molecular complexity index is 902. The molecule has 0 aliphatic carbocycles. The second kappa shape index (κ2) is 5.05. The highest BCUT2D eigenvalue weighted by molar-refractivity contribution is 7.92. The molecule has 21 heavy (non-hydrogen) atoms. The number of nitrogens with zero attached hydrogens (tertiary/aromatic N) is 1. The summed E-state index contributed by atoms with van der Waals surface area (Å²) in [5.41, 5.74) is 1.50. The number of aryl methyl sites for hydroxylation is 1. The molecule has 0 fully saturated rings. The largest absolute Gasteiger partial charge is 0.441 e. The van der Waals surface area contributed by atoms with Crippen LogP contribution in [0.15, 0.2) is 51.8 Å². The van der Waals surface area contributed by atoms with Crippen molar-refractivity contribution in [3.05, 3.63) is 53.4 Å². The minimum Gasteiger partial charge on any atom is -0.441 e. The van der Waals surface area contributed by atoms with Crippen LogP contribution in [0.4, 0.5) is 5.69 Å². The first-order valence-electron chi connectivity index (χ1n) is 6.10. The van der Waals surface area contributed by atoms with Gasteiger partial charge in [-0.05, 0) is 42.5 Å². The minimum absolute atomic E-state index is 0.123. The second-order valence-electron chi connectivity index (χ2n) is 4.47. The van der Waals surface area contributed by atoms with Crippen LogP contribution in [0.2, 0.25) is 5.02 Å². The lowest BCUT2D eigenvalue weighted by atomic mass is 10.3. The first-order chi connectivity index (χ1) is 9.94. The summed E-state index contributed by atoms with van der Waals surface area (Å²) < 4.78 is 32.5. The van der Waals surface area contributed by atoms with Gasteiger partial charge in [0.25, 0.3) is 10.0 Å². The normalized spacial score (nSPS) is 11.7. The number of oxazole rings is 1. The zero-order valence-electron chi connectivity index (χ0n) is 11.0. The molecule has 0 atom stereocenters. The van der Waals surface area contributed by atoms with Crippen LogP contribution in [0.5, 0.6) is 0 Å². The number of halogens is 1. The lowest BCUT2D eigenvalue weighted by Crippen LogP contribution is -2.12. The molecule has 0 saturated carbocycles. The number of fused-ring (bicyclic) bond motifs is 1. The van der Waals surface area contributed by atoms with E-state index in [2.05, 4.69) is 9.71 Å². The average molecular weight is 323 g/mol. The molecule has 0 radical (unpaired) electrons. The summed E-state index contributed by atoms with van der Waals surface area (Å²) in [7, 11) is -3.68. The van der Waals surface area contributed by atoms with E-state index in [0.29, 0.717) is 27.7 Å². The highest BCUT2D eigenvalue weighted by Gasteiger charge is 2.16. The molecular formula is C14H11ClN2O3S. The third-order valence-corrected chi connectivity index (χ3v) is 4.50. The van der Waals surface area contributed by atoms with Crippen LogP contribution < -0.4 is 4.72 Å². The molecule has 1 heterocycles. The Morgan fingerprint density at radius 3 is 2.57 bits per heavy atom. The fourth-order valence-electron chi connectivity index (χ4n) is 1.92. The van der Waals surface area contributed by atoms with Gasteiger partial charge in [-0.3, -0.25) is 4.72 Å². The molecule has 0 saturated heterocycles. The van der Waals surface area contributed by atoms with Crippen molar-refractivity contribution in [3.8, 4) is 0 Å². The van der Waals surface area contributed by atoms with Crippen molar-refractivity contribution in [2.24, 2.45) is 0 Å². The van der Waals surface area contributed by atoms with E-state index < -0.39 is 10.0 Å². The van der Waals surface area contributed by atoms with Crippen molar-refractivity contribution in [1.29, 1.82) is 0 Å². The summed E-state index contributed by atoms with van der Waals surface area (Å²) in [5.74, 6) is 0.491. The maximum absolute atomic E-state index is 12.3. The predicted molar refractivity (Wildman–Crippen MR) is 81.0 cm³/mol. The summed E-state index contributed by atoms with van der Waals surface area (Å²) in [5, 5.41) is 0.539. The Morgan fingerprint density at radius 2 is 1.86 bits per heavy atom. The SMILES string of the molecule is Cc1nc2cc(S(=O)(=O)Nc3ccc(Cl)cc3)ccc2o1. The molecule has 3 aromatic rings. The van der Waals surface area contributed by atoms with Crippen LogP contribution in [-0.2, 0) is 10.0 Å². The van der Waals surface area contributed by atoms with Gasteiger partial charge in [-0.25, -0.2) is 13.4 Å². The van der Waals surface area contributed by atoms with Crippen LogP contribution >= 0.6 is 11.6 Å². The van der Waals surface area contributed by atoms with Crippen LogP contribution in [0.25, 0.3) is 11.1 Å². The van der Waals surface area contributed by atoms with Gasteiger partial charge in [0.2, 0.25) is 0 Å². The topological polar surface area (TPSA) is 72.2 Å². The Balaban J connectivity index is 1.97. The molecule has 2 aromatic carbocycles. The van der Waals surface area contributed by atoms with Gasteiger partial charge in [0.05, 0.1) is 4.90 Å². The van der Waals surface area contributed by atoms with Gasteiger partial charge >= 0.3 is 0 Å². The number of anilines is 1. The smallest absolute Gasteiger partial charge is 0.261 e. The average Bonchev–Trinajstić information content (AvgIpc) is 2.80.